The number of carbonyl (C=O) groups excluding carboxylic acids is 8. The van der Waals surface area contributed by atoms with Crippen LogP contribution in [0, 0.1) is 0 Å². The SMILES string of the molecule is NC(=O)CNC(=O)CNS(=O)(=O)c1cccc(Nc2nc(Nc3cccc(S(=O)(=O)NCC(=O)NCC(N)=O)c3)nc(Nc3ccc(-c4ccc(Nc5nc(Nc6cccc(S(=O)(=O)NCC(=O)NCC(N)=O)c6)nc(Nc6cccc(S(=O)(=O)NCC(=O)NCC(N)=O)c6)n5)cc4S(=O)(=O)[O-])c(S(=O)(=O)[O-])c3)n2)c1. The minimum atomic E-state index is -5.73. The Labute approximate surface area is 623 Å². The number of hydrogen-bond acceptors (Lipinski definition) is 34. The second kappa shape index (κ2) is 35.4. The van der Waals surface area contributed by atoms with Crippen LogP contribution in [0.15, 0.2) is 163 Å². The first-order valence-electron chi connectivity index (χ1n) is 30.5. The number of hydrogen-bond donors (Lipinski definition) is 18. The zero-order chi connectivity index (χ0) is 80.5. The van der Waals surface area contributed by atoms with E-state index in [4.69, 9.17) is 22.9 Å². The molecular formula is C58H60N24O22S6-2. The van der Waals surface area contributed by atoms with Crippen LogP contribution in [0.3, 0.4) is 0 Å². The molecule has 0 spiro atoms. The summed E-state index contributed by atoms with van der Waals surface area (Å²) in [6, 6.07) is 24.5. The van der Waals surface area contributed by atoms with Crippen molar-refractivity contribution in [2.24, 2.45) is 22.9 Å². The molecule has 8 amide bonds. The summed E-state index contributed by atoms with van der Waals surface area (Å²) >= 11 is 0. The zero-order valence-corrected chi connectivity index (χ0v) is 60.7. The molecule has 6 aromatic carbocycles. The molecule has 52 heteroatoms. The maximum atomic E-state index is 13.3. The van der Waals surface area contributed by atoms with Crippen molar-refractivity contribution in [1.29, 1.82) is 0 Å². The molecule has 582 valence electrons. The van der Waals surface area contributed by atoms with Gasteiger partial charge >= 0.3 is 0 Å². The number of sulfonamides is 4. The fourth-order valence-corrected chi connectivity index (χ4v) is 14.4. The fraction of sp³-hybridized carbons (Fsp3) is 0.138. The Morgan fingerprint density at radius 3 is 0.673 bits per heavy atom. The van der Waals surface area contributed by atoms with Gasteiger partial charge in [-0.3, -0.25) is 38.4 Å². The number of nitrogens with one attached hydrogen (secondary N) is 14. The van der Waals surface area contributed by atoms with Crippen molar-refractivity contribution in [2.45, 2.75) is 29.4 Å². The number of nitrogens with zero attached hydrogens (tertiary/aromatic N) is 6. The smallest absolute Gasteiger partial charge is 0.241 e. The van der Waals surface area contributed by atoms with Gasteiger partial charge in [0.1, 0.15) is 20.2 Å². The average molecular weight is 1640 g/mol. The molecule has 0 radical (unpaired) electrons. The Kier molecular flexibility index (Phi) is 26.7. The summed E-state index contributed by atoms with van der Waals surface area (Å²) in [5.41, 5.74) is 17.8. The van der Waals surface area contributed by atoms with Crippen molar-refractivity contribution < 1.29 is 98.0 Å². The highest BCUT2D eigenvalue weighted by atomic mass is 32.2. The van der Waals surface area contributed by atoms with E-state index in [1.807, 2.05) is 18.9 Å². The average Bonchev–Trinajstić information content (AvgIpc) is 0.766. The van der Waals surface area contributed by atoms with E-state index >= 15 is 0 Å². The second-order valence-corrected chi connectivity index (χ2v) is 31.8. The number of benzene rings is 6. The summed E-state index contributed by atoms with van der Waals surface area (Å²) in [6.07, 6.45) is 0. The monoisotopic (exact) mass is 1640 g/mol. The Bertz CT molecular complexity index is 5090. The van der Waals surface area contributed by atoms with Crippen molar-refractivity contribution in [1.82, 2.24) is 70.1 Å². The number of anilines is 12. The van der Waals surface area contributed by atoms with Crippen molar-refractivity contribution >= 4 is 177 Å². The van der Waals surface area contributed by atoms with Gasteiger partial charge in [-0.2, -0.15) is 29.9 Å². The van der Waals surface area contributed by atoms with Gasteiger partial charge in [0.25, 0.3) is 0 Å². The lowest BCUT2D eigenvalue weighted by Crippen LogP contribution is -2.40. The Morgan fingerprint density at radius 1 is 0.282 bits per heavy atom. The van der Waals surface area contributed by atoms with Crippen molar-refractivity contribution in [3.05, 3.63) is 133 Å². The summed E-state index contributed by atoms with van der Waals surface area (Å²) in [5.74, 6) is -10.2. The molecule has 0 fully saturated rings. The van der Waals surface area contributed by atoms with Crippen LogP contribution in [0.25, 0.3) is 11.1 Å². The van der Waals surface area contributed by atoms with Crippen molar-refractivity contribution in [3.63, 3.8) is 0 Å². The molecule has 0 aliphatic carbocycles. The number of rotatable bonds is 39. The lowest BCUT2D eigenvalue weighted by molar-refractivity contribution is -0.124. The first-order valence-corrected chi connectivity index (χ1v) is 39.3. The van der Waals surface area contributed by atoms with Crippen LogP contribution < -0.4 is 95.0 Å². The maximum Gasteiger partial charge on any atom is 0.241 e. The highest BCUT2D eigenvalue weighted by molar-refractivity contribution is 7.90. The van der Waals surface area contributed by atoms with Crippen LogP contribution >= 0.6 is 0 Å². The van der Waals surface area contributed by atoms with Crippen LogP contribution in [0.2, 0.25) is 0 Å². The molecule has 0 saturated heterocycles. The summed E-state index contributed by atoms with van der Waals surface area (Å²) in [6.45, 7) is -5.69. The second-order valence-electron chi connectivity index (χ2n) is 22.1. The van der Waals surface area contributed by atoms with E-state index in [1.165, 1.54) is 48.5 Å². The topological polar surface area (TPSA) is 737 Å². The van der Waals surface area contributed by atoms with E-state index < -0.39 is 236 Å². The number of amides is 8. The lowest BCUT2D eigenvalue weighted by atomic mass is 10.0. The van der Waals surface area contributed by atoms with Gasteiger partial charge in [-0.05, 0) is 97.1 Å². The first-order chi connectivity index (χ1) is 51.6. The highest BCUT2D eigenvalue weighted by Gasteiger charge is 2.25. The molecule has 0 saturated carbocycles. The molecule has 0 bridgehead atoms. The summed E-state index contributed by atoms with van der Waals surface area (Å²) in [7, 11) is -29.4. The first kappa shape index (κ1) is 83.0. The molecule has 0 aliphatic rings. The predicted octanol–water partition coefficient (Wildman–Crippen LogP) is -4.49. The summed E-state index contributed by atoms with van der Waals surface area (Å²) in [4.78, 5) is 115. The van der Waals surface area contributed by atoms with Gasteiger partial charge in [0.2, 0.25) is 123 Å². The Hall–Kier alpha value is -12.6. The molecular weight excluding hydrogens is 1580 g/mol. The summed E-state index contributed by atoms with van der Waals surface area (Å²) < 4.78 is 195. The molecule has 8 rings (SSSR count). The summed E-state index contributed by atoms with van der Waals surface area (Å²) in [5, 5.41) is 24.7. The Morgan fingerprint density at radius 2 is 0.482 bits per heavy atom. The van der Waals surface area contributed by atoms with E-state index in [9.17, 15) is 98.0 Å². The van der Waals surface area contributed by atoms with E-state index in [2.05, 4.69) is 83.1 Å². The van der Waals surface area contributed by atoms with Gasteiger partial charge < -0.3 is 85.2 Å². The van der Waals surface area contributed by atoms with Crippen molar-refractivity contribution in [3.8, 4) is 11.1 Å². The Balaban J connectivity index is 1.13. The number of aromatic nitrogens is 6. The maximum absolute atomic E-state index is 13.3. The van der Waals surface area contributed by atoms with Gasteiger partial charge in [0.05, 0.1) is 81.7 Å². The molecule has 2 heterocycles. The van der Waals surface area contributed by atoms with Crippen LogP contribution in [0.4, 0.5) is 69.8 Å². The third kappa shape index (κ3) is 24.7. The number of nitrogens with two attached hydrogens (primary N) is 4. The van der Waals surface area contributed by atoms with E-state index in [0.717, 1.165) is 72.8 Å². The molecule has 0 unspecified atom stereocenters. The fourth-order valence-electron chi connectivity index (χ4n) is 8.85. The predicted molar refractivity (Wildman–Crippen MR) is 382 cm³/mol. The van der Waals surface area contributed by atoms with Crippen LogP contribution in [-0.2, 0) is 98.7 Å². The van der Waals surface area contributed by atoms with Crippen LogP contribution in [-0.4, -0.2) is 189 Å². The number of primary amides is 4. The van der Waals surface area contributed by atoms with E-state index in [1.54, 1.807) is 0 Å². The molecule has 0 atom stereocenters. The standard InChI is InChI=1S/C58H62N24O22S6/c59-45(83)23-63-49(87)27-67-105(91,92)37-9-1-5-31(17-37)71-53-77-54(72-32-6-2-10-38(18-32)106(93,94)68-28-50(88)64-24-46(60)84)80-57(79-53)75-35-13-15-41(43(21-35)109(99,100)101)42-16-14-36(22-44(42)110(102,103)104)76-58-81-55(73-33-7-3-11-39(19-33)107(95,96)69-29-51(89)65-25-47(61)85)78-56(82-58)74-34-8-4-12-40(20-34)108(97,98)70-30-52(90)66-26-48(62)86/h1-22,67-70H,23-30H2,(H2,59,83)(H2,60,84)(H2,61,85)(H2,62,86)(H,63,87)(H,64,88)(H,65,89)(H,66,90)(H,99,100,101)(H,102,103,104)(H3,71,72,75,77,79,80)(H3,73,74,76,78,81,82)/p-2. The molecule has 8 aromatic rings. The number of carbonyl (C=O) groups is 8. The van der Waals surface area contributed by atoms with E-state index in [0.29, 0.717) is 12.1 Å². The van der Waals surface area contributed by atoms with Gasteiger partial charge in [0.15, 0.2) is 0 Å². The highest BCUT2D eigenvalue weighted by Crippen LogP contribution is 2.37. The van der Waals surface area contributed by atoms with E-state index in [-0.39, 0.29) is 34.1 Å². The van der Waals surface area contributed by atoms with Crippen molar-refractivity contribution in [2.75, 3.05) is 84.3 Å². The normalized spacial score (nSPS) is 11.8. The van der Waals surface area contributed by atoms with Gasteiger partial charge in [-0.15, -0.1) is 0 Å². The van der Waals surface area contributed by atoms with Crippen LogP contribution in [0.5, 0.6) is 0 Å². The quantitative estimate of drug-likeness (QED) is 0.0162. The molecule has 46 nitrogen and oxygen atoms in total. The van der Waals surface area contributed by atoms with Crippen LogP contribution in [0.1, 0.15) is 0 Å². The minimum absolute atomic E-state index is 0.0636. The molecule has 2 aromatic heterocycles. The third-order valence-electron chi connectivity index (χ3n) is 13.7. The largest absolute Gasteiger partial charge is 0.744 e. The zero-order valence-electron chi connectivity index (χ0n) is 55.8. The van der Waals surface area contributed by atoms with Gasteiger partial charge in [-0.1, -0.05) is 36.4 Å². The molecule has 22 N–H and O–H groups in total. The van der Waals surface area contributed by atoms with Gasteiger partial charge in [0, 0.05) is 45.3 Å². The third-order valence-corrected chi connectivity index (χ3v) is 21.1. The molecule has 0 aliphatic heterocycles. The van der Waals surface area contributed by atoms with Gasteiger partial charge in [-0.25, -0.2) is 69.4 Å². The minimum Gasteiger partial charge on any atom is -0.744 e. The molecule has 110 heavy (non-hydrogen) atoms. The lowest BCUT2D eigenvalue weighted by Gasteiger charge is -2.20.